The normalized spacial score (nSPS) is 12.2. The number of nitrogens with two attached hydrogens (primary N) is 2. The average Bonchev–Trinajstić information content (AvgIpc) is 3.05. The summed E-state index contributed by atoms with van der Waals surface area (Å²) in [5, 5.41) is 27.5. The SMILES string of the molecule is CNCN.NC(CCC(=O)NC(CSCC(=O)NC(C=O)Cc1ccc(C(=O)c2ccccc2)cc1)C(=O)NCC(=O)O)C(=O)O. The van der Waals surface area contributed by atoms with Crippen LogP contribution in [-0.4, -0.2) is 102 Å². The lowest BCUT2D eigenvalue weighted by atomic mass is 10.00. The molecule has 3 unspecified atom stereocenters. The number of carboxylic acid groups (broad SMARTS) is 2. The van der Waals surface area contributed by atoms with Crippen LogP contribution in [0.5, 0.6) is 0 Å². The van der Waals surface area contributed by atoms with Gasteiger partial charge in [0, 0.05) is 30.0 Å². The van der Waals surface area contributed by atoms with Crippen molar-refractivity contribution in [3.05, 3.63) is 71.3 Å². The van der Waals surface area contributed by atoms with Gasteiger partial charge in [0.1, 0.15) is 24.9 Å². The molecule has 0 aliphatic heterocycles. The highest BCUT2D eigenvalue weighted by molar-refractivity contribution is 8.00. The van der Waals surface area contributed by atoms with Gasteiger partial charge in [-0.05, 0) is 25.5 Å². The molecule has 0 aliphatic rings. The zero-order valence-electron chi connectivity index (χ0n) is 25.3. The summed E-state index contributed by atoms with van der Waals surface area (Å²) < 4.78 is 0. The van der Waals surface area contributed by atoms with Gasteiger partial charge in [0.05, 0.1) is 11.8 Å². The Kier molecular flexibility index (Phi) is 18.8. The zero-order valence-corrected chi connectivity index (χ0v) is 26.1. The molecule has 16 heteroatoms. The van der Waals surface area contributed by atoms with Gasteiger partial charge in [-0.25, -0.2) is 0 Å². The fourth-order valence-electron chi connectivity index (χ4n) is 3.60. The van der Waals surface area contributed by atoms with Gasteiger partial charge in [0.25, 0.3) is 0 Å². The van der Waals surface area contributed by atoms with Crippen LogP contribution in [0.2, 0.25) is 0 Å². The van der Waals surface area contributed by atoms with E-state index in [1.807, 2.05) is 6.07 Å². The molecule has 0 aromatic heterocycles. The van der Waals surface area contributed by atoms with Crippen LogP contribution in [0, 0.1) is 0 Å². The van der Waals surface area contributed by atoms with E-state index in [0.717, 1.165) is 11.8 Å². The first kappa shape index (κ1) is 39.4. The molecular formula is C30H40N6O9S. The number of hydrogen-bond acceptors (Lipinski definition) is 11. The number of hydrogen-bond donors (Lipinski definition) is 8. The Morgan fingerprint density at radius 1 is 0.913 bits per heavy atom. The number of ketones is 1. The van der Waals surface area contributed by atoms with E-state index in [1.165, 1.54) is 0 Å². The molecular weight excluding hydrogens is 620 g/mol. The molecule has 3 atom stereocenters. The van der Waals surface area contributed by atoms with E-state index in [0.29, 0.717) is 29.6 Å². The van der Waals surface area contributed by atoms with Crippen molar-refractivity contribution >= 4 is 53.5 Å². The molecule has 3 amide bonds. The van der Waals surface area contributed by atoms with Gasteiger partial charge < -0.3 is 47.7 Å². The van der Waals surface area contributed by atoms with Crippen LogP contribution in [-0.2, 0) is 35.2 Å². The highest BCUT2D eigenvalue weighted by Gasteiger charge is 2.23. The van der Waals surface area contributed by atoms with Crippen molar-refractivity contribution in [3.8, 4) is 0 Å². The summed E-state index contributed by atoms with van der Waals surface area (Å²) in [6.07, 6.45) is 0.285. The fraction of sp³-hybridized carbons (Fsp3) is 0.367. The summed E-state index contributed by atoms with van der Waals surface area (Å²) in [4.78, 5) is 82.8. The number of amides is 3. The standard InChI is InChI=1S/C28H32N4O9S.C2H8N2/c29-21(28(40)41)10-11-23(34)32-22(27(39)30-13-25(36)37)15-42-16-24(35)31-20(14-33)12-17-6-8-19(9-7-17)26(38)18-4-2-1-3-5-18;1-4-2-3/h1-9,14,20-22H,10-13,15-16,29H2,(H,30,39)(H,31,35)(H,32,34)(H,36,37)(H,40,41);4H,2-3H2,1H3. The number of rotatable bonds is 19. The summed E-state index contributed by atoms with van der Waals surface area (Å²) in [6.45, 7) is -0.122. The van der Waals surface area contributed by atoms with E-state index in [2.05, 4.69) is 21.3 Å². The topological polar surface area (TPSA) is 260 Å². The number of carboxylic acids is 2. The summed E-state index contributed by atoms with van der Waals surface area (Å²) in [6, 6.07) is 12.1. The Labute approximate surface area is 270 Å². The third kappa shape index (κ3) is 15.9. The maximum Gasteiger partial charge on any atom is 0.322 e. The third-order valence-corrected chi connectivity index (χ3v) is 7.04. The quantitative estimate of drug-likeness (QED) is 0.0505. The predicted octanol–water partition coefficient (Wildman–Crippen LogP) is -1.12. The summed E-state index contributed by atoms with van der Waals surface area (Å²) >= 11 is 0.958. The van der Waals surface area contributed by atoms with E-state index < -0.39 is 54.3 Å². The van der Waals surface area contributed by atoms with Crippen molar-refractivity contribution in [3.63, 3.8) is 0 Å². The Bertz CT molecular complexity index is 1310. The molecule has 250 valence electrons. The summed E-state index contributed by atoms with van der Waals surface area (Å²) in [7, 11) is 1.81. The first-order valence-corrected chi connectivity index (χ1v) is 15.2. The van der Waals surface area contributed by atoms with E-state index >= 15 is 0 Å². The van der Waals surface area contributed by atoms with Gasteiger partial charge >= 0.3 is 11.9 Å². The highest BCUT2D eigenvalue weighted by Crippen LogP contribution is 2.12. The van der Waals surface area contributed by atoms with Crippen molar-refractivity contribution in [1.29, 1.82) is 0 Å². The van der Waals surface area contributed by atoms with Crippen LogP contribution >= 0.6 is 11.8 Å². The fourth-order valence-corrected chi connectivity index (χ4v) is 4.46. The van der Waals surface area contributed by atoms with Crippen LogP contribution in [0.15, 0.2) is 54.6 Å². The lowest BCUT2D eigenvalue weighted by molar-refractivity contribution is -0.139. The number of thioether (sulfide) groups is 1. The predicted molar refractivity (Wildman–Crippen MR) is 171 cm³/mol. The minimum atomic E-state index is -1.30. The molecule has 46 heavy (non-hydrogen) atoms. The van der Waals surface area contributed by atoms with Gasteiger partial charge in [-0.1, -0.05) is 54.6 Å². The molecule has 0 saturated heterocycles. The molecule has 0 spiro atoms. The van der Waals surface area contributed by atoms with Crippen LogP contribution in [0.3, 0.4) is 0 Å². The molecule has 0 bridgehead atoms. The van der Waals surface area contributed by atoms with Gasteiger partial charge in [0.2, 0.25) is 17.7 Å². The van der Waals surface area contributed by atoms with Crippen molar-refractivity contribution in [1.82, 2.24) is 21.3 Å². The largest absolute Gasteiger partial charge is 0.480 e. The molecule has 10 N–H and O–H groups in total. The second kappa shape index (κ2) is 22.0. The Balaban J connectivity index is 0.00000249. The monoisotopic (exact) mass is 660 g/mol. The minimum Gasteiger partial charge on any atom is -0.480 e. The minimum absolute atomic E-state index is 0.113. The smallest absolute Gasteiger partial charge is 0.322 e. The van der Waals surface area contributed by atoms with E-state index in [1.54, 1.807) is 55.6 Å². The van der Waals surface area contributed by atoms with Gasteiger partial charge in [-0.3, -0.25) is 28.8 Å². The molecule has 2 aromatic carbocycles. The van der Waals surface area contributed by atoms with Crippen molar-refractivity contribution in [2.24, 2.45) is 11.5 Å². The van der Waals surface area contributed by atoms with E-state index in [-0.39, 0.29) is 36.6 Å². The summed E-state index contributed by atoms with van der Waals surface area (Å²) in [5.74, 6) is -5.03. The number of aliphatic carboxylic acids is 2. The van der Waals surface area contributed by atoms with Gasteiger partial charge in [-0.15, -0.1) is 11.8 Å². The average molecular weight is 661 g/mol. The Hall–Kier alpha value is -4.64. The molecule has 0 saturated carbocycles. The lowest BCUT2D eigenvalue weighted by Gasteiger charge is -2.18. The maximum absolute atomic E-state index is 12.6. The van der Waals surface area contributed by atoms with Crippen molar-refractivity contribution < 1.29 is 43.8 Å². The van der Waals surface area contributed by atoms with Crippen LogP contribution in [0.25, 0.3) is 0 Å². The maximum atomic E-state index is 12.6. The zero-order chi connectivity index (χ0) is 34.5. The van der Waals surface area contributed by atoms with Crippen molar-refractivity contribution in [2.45, 2.75) is 37.4 Å². The van der Waals surface area contributed by atoms with Gasteiger partial charge in [0.15, 0.2) is 5.78 Å². The van der Waals surface area contributed by atoms with Crippen molar-refractivity contribution in [2.75, 3.05) is 31.8 Å². The second-order valence-electron chi connectivity index (χ2n) is 9.69. The van der Waals surface area contributed by atoms with Crippen LogP contribution in [0.1, 0.15) is 34.3 Å². The molecule has 0 radical (unpaired) electrons. The van der Waals surface area contributed by atoms with Crippen LogP contribution < -0.4 is 32.7 Å². The molecule has 15 nitrogen and oxygen atoms in total. The number of carbonyl (C=O) groups is 7. The third-order valence-electron chi connectivity index (χ3n) is 6.01. The first-order chi connectivity index (χ1) is 21.9. The molecule has 2 aromatic rings. The highest BCUT2D eigenvalue weighted by atomic mass is 32.2. The van der Waals surface area contributed by atoms with E-state index in [4.69, 9.17) is 21.7 Å². The Morgan fingerprint density at radius 2 is 1.52 bits per heavy atom. The molecule has 0 heterocycles. The lowest BCUT2D eigenvalue weighted by Crippen LogP contribution is -2.49. The molecule has 2 rings (SSSR count). The Morgan fingerprint density at radius 3 is 2.07 bits per heavy atom. The number of nitrogens with one attached hydrogen (secondary N) is 4. The van der Waals surface area contributed by atoms with Gasteiger partial charge in [-0.2, -0.15) is 0 Å². The number of benzene rings is 2. The molecule has 0 fully saturated rings. The molecule has 0 aliphatic carbocycles. The second-order valence-corrected chi connectivity index (χ2v) is 10.7. The van der Waals surface area contributed by atoms with E-state index in [9.17, 15) is 33.6 Å². The number of carbonyl (C=O) groups excluding carboxylic acids is 5. The summed E-state index contributed by atoms with van der Waals surface area (Å²) in [5.41, 5.74) is 12.0. The first-order valence-electron chi connectivity index (χ1n) is 14.0. The van der Waals surface area contributed by atoms with Crippen LogP contribution in [0.4, 0.5) is 0 Å². The number of aldehydes is 1.